The number of fused-ring (bicyclic) bond motifs is 1. The second-order valence-corrected chi connectivity index (χ2v) is 9.54. The highest BCUT2D eigenvalue weighted by Crippen LogP contribution is 2.23. The molecule has 1 aliphatic rings. The summed E-state index contributed by atoms with van der Waals surface area (Å²) in [5.41, 5.74) is 9.77. The maximum atomic E-state index is 13.3. The van der Waals surface area contributed by atoms with Gasteiger partial charge in [-0.1, -0.05) is 37.3 Å². The van der Waals surface area contributed by atoms with Gasteiger partial charge in [0.15, 0.2) is 0 Å². The van der Waals surface area contributed by atoms with Gasteiger partial charge in [0.1, 0.15) is 11.9 Å². The number of amides is 3. The quantitative estimate of drug-likeness (QED) is 0.250. The van der Waals surface area contributed by atoms with Gasteiger partial charge in [-0.25, -0.2) is 0 Å². The van der Waals surface area contributed by atoms with Gasteiger partial charge < -0.3 is 26.0 Å². The zero-order chi connectivity index (χ0) is 27.9. The zero-order valence-corrected chi connectivity index (χ0v) is 21.9. The Morgan fingerprint density at radius 3 is 2.44 bits per heavy atom. The van der Waals surface area contributed by atoms with E-state index in [1.165, 1.54) is 10.5 Å². The minimum Gasteiger partial charge on any atom is -0.384 e. The first-order valence-electron chi connectivity index (χ1n) is 13.0. The molecule has 0 spiro atoms. The van der Waals surface area contributed by atoms with Crippen LogP contribution in [0.1, 0.15) is 46.8 Å². The van der Waals surface area contributed by atoms with Crippen molar-refractivity contribution in [3.63, 3.8) is 0 Å². The Labute approximate surface area is 227 Å². The molecular weight excluding hydrogens is 494 g/mol. The molecule has 5 N–H and O–H groups in total. The van der Waals surface area contributed by atoms with Crippen LogP contribution in [0.15, 0.2) is 72.8 Å². The first-order valence-corrected chi connectivity index (χ1v) is 13.0. The monoisotopic (exact) mass is 527 g/mol. The number of nitrogen functional groups attached to an aromatic ring is 1. The Balaban J connectivity index is 1.42. The van der Waals surface area contributed by atoms with Gasteiger partial charge in [0, 0.05) is 42.1 Å². The molecule has 3 aromatic rings. The van der Waals surface area contributed by atoms with Gasteiger partial charge in [-0.05, 0) is 66.4 Å². The van der Waals surface area contributed by atoms with E-state index in [4.69, 9.17) is 11.1 Å². The van der Waals surface area contributed by atoms with E-state index in [2.05, 4.69) is 11.4 Å². The lowest BCUT2D eigenvalue weighted by molar-refractivity contribution is -0.129. The van der Waals surface area contributed by atoms with Crippen LogP contribution in [0.4, 0.5) is 11.4 Å². The number of anilines is 2. The fourth-order valence-corrected chi connectivity index (χ4v) is 4.61. The van der Waals surface area contributed by atoms with Crippen LogP contribution in [0.25, 0.3) is 0 Å². The van der Waals surface area contributed by atoms with E-state index in [9.17, 15) is 19.5 Å². The molecule has 0 fully saturated rings. The number of nitrogens with two attached hydrogens (primary N) is 1. The third-order valence-electron chi connectivity index (χ3n) is 6.70. The first kappa shape index (κ1) is 27.5. The summed E-state index contributed by atoms with van der Waals surface area (Å²) in [7, 11) is 0. The van der Waals surface area contributed by atoms with Crippen LogP contribution in [-0.4, -0.2) is 52.8 Å². The molecule has 1 atom stereocenters. The van der Waals surface area contributed by atoms with Gasteiger partial charge in [-0.15, -0.1) is 0 Å². The topological polar surface area (TPSA) is 140 Å². The lowest BCUT2D eigenvalue weighted by atomic mass is 9.99. The molecule has 0 saturated carbocycles. The molecule has 202 valence electrons. The second-order valence-electron chi connectivity index (χ2n) is 9.54. The van der Waals surface area contributed by atoms with Crippen molar-refractivity contribution in [1.82, 2.24) is 4.90 Å². The van der Waals surface area contributed by atoms with Gasteiger partial charge >= 0.3 is 0 Å². The Kier molecular flexibility index (Phi) is 8.73. The average Bonchev–Trinajstić information content (AvgIpc) is 2.95. The third kappa shape index (κ3) is 6.69. The van der Waals surface area contributed by atoms with Gasteiger partial charge in [0.2, 0.25) is 5.91 Å². The van der Waals surface area contributed by atoms with Crippen LogP contribution < -0.4 is 16.0 Å². The standard InChI is InChI=1S/C30H33N5O4/c1-2-15-35(27(37)18-26(36)29(38)33-24-12-10-21(11-13-24)28(31)32)25-9-5-8-22(17-25)30(39)34-16-14-20-6-3-4-7-23(20)19-34/h3-13,17,26,36H,2,14-16,18-19H2,1H3,(H3,31,32)(H,33,38). The van der Waals surface area contributed by atoms with Crippen LogP contribution in [0, 0.1) is 5.41 Å². The molecular formula is C30H33N5O4. The molecule has 0 aliphatic carbocycles. The lowest BCUT2D eigenvalue weighted by Gasteiger charge is -2.29. The predicted molar refractivity (Wildman–Crippen MR) is 151 cm³/mol. The molecule has 0 aromatic heterocycles. The third-order valence-corrected chi connectivity index (χ3v) is 6.70. The molecule has 39 heavy (non-hydrogen) atoms. The molecule has 3 aromatic carbocycles. The van der Waals surface area contributed by atoms with E-state index < -0.39 is 24.3 Å². The largest absolute Gasteiger partial charge is 0.384 e. The van der Waals surface area contributed by atoms with E-state index in [-0.39, 0.29) is 11.7 Å². The summed E-state index contributed by atoms with van der Waals surface area (Å²) in [6.45, 7) is 3.45. The van der Waals surface area contributed by atoms with Gasteiger partial charge in [0.05, 0.1) is 6.42 Å². The van der Waals surface area contributed by atoms with Crippen LogP contribution in [0.3, 0.4) is 0 Å². The summed E-state index contributed by atoms with van der Waals surface area (Å²) in [6.07, 6.45) is -0.540. The Hall–Kier alpha value is -4.50. The van der Waals surface area contributed by atoms with Crippen LogP contribution >= 0.6 is 0 Å². The lowest BCUT2D eigenvalue weighted by Crippen LogP contribution is -2.38. The molecule has 0 radical (unpaired) electrons. The number of nitrogens with zero attached hydrogens (tertiary/aromatic N) is 2. The highest BCUT2D eigenvalue weighted by atomic mass is 16.3. The predicted octanol–water partition coefficient (Wildman–Crippen LogP) is 3.30. The molecule has 3 amide bonds. The number of aliphatic hydroxyl groups excluding tert-OH is 1. The van der Waals surface area contributed by atoms with Crippen molar-refractivity contribution in [2.24, 2.45) is 5.73 Å². The van der Waals surface area contributed by atoms with E-state index in [0.717, 1.165) is 12.0 Å². The molecule has 0 bridgehead atoms. The van der Waals surface area contributed by atoms with Crippen molar-refractivity contribution < 1.29 is 19.5 Å². The number of nitrogens with one attached hydrogen (secondary N) is 2. The van der Waals surface area contributed by atoms with Crippen molar-refractivity contribution >= 4 is 34.9 Å². The van der Waals surface area contributed by atoms with Crippen molar-refractivity contribution in [1.29, 1.82) is 5.41 Å². The Morgan fingerprint density at radius 1 is 1.03 bits per heavy atom. The van der Waals surface area contributed by atoms with Gasteiger partial charge in [-0.3, -0.25) is 19.8 Å². The summed E-state index contributed by atoms with van der Waals surface area (Å²) >= 11 is 0. The summed E-state index contributed by atoms with van der Waals surface area (Å²) in [5.74, 6) is -1.35. The molecule has 4 rings (SSSR count). The van der Waals surface area contributed by atoms with E-state index >= 15 is 0 Å². The van der Waals surface area contributed by atoms with Crippen LogP contribution in [0.2, 0.25) is 0 Å². The molecule has 0 saturated heterocycles. The highest BCUT2D eigenvalue weighted by Gasteiger charge is 2.26. The van der Waals surface area contributed by atoms with Gasteiger partial charge in [-0.2, -0.15) is 0 Å². The summed E-state index contributed by atoms with van der Waals surface area (Å²) in [4.78, 5) is 42.4. The Morgan fingerprint density at radius 2 is 1.74 bits per heavy atom. The van der Waals surface area contributed by atoms with Crippen LogP contribution in [0.5, 0.6) is 0 Å². The smallest absolute Gasteiger partial charge is 0.254 e. The number of amidine groups is 1. The van der Waals surface area contributed by atoms with E-state index in [0.29, 0.717) is 48.6 Å². The number of benzene rings is 3. The average molecular weight is 528 g/mol. The highest BCUT2D eigenvalue weighted by molar-refractivity contribution is 6.02. The number of aliphatic hydroxyl groups is 1. The number of carbonyl (C=O) groups excluding carboxylic acids is 3. The van der Waals surface area contributed by atoms with E-state index in [1.54, 1.807) is 48.5 Å². The van der Waals surface area contributed by atoms with E-state index in [1.807, 2.05) is 30.0 Å². The minimum atomic E-state index is -1.57. The number of rotatable bonds is 9. The molecule has 1 heterocycles. The molecule has 9 heteroatoms. The maximum Gasteiger partial charge on any atom is 0.254 e. The minimum absolute atomic E-state index is 0.0958. The summed E-state index contributed by atoms with van der Waals surface area (Å²) < 4.78 is 0. The number of hydrogen-bond donors (Lipinski definition) is 4. The number of hydrogen-bond acceptors (Lipinski definition) is 5. The summed E-state index contributed by atoms with van der Waals surface area (Å²) in [6, 6.07) is 21.3. The molecule has 1 aliphatic heterocycles. The van der Waals surface area contributed by atoms with Crippen molar-refractivity contribution in [2.45, 2.75) is 38.8 Å². The fourth-order valence-electron chi connectivity index (χ4n) is 4.61. The first-order chi connectivity index (χ1) is 18.8. The summed E-state index contributed by atoms with van der Waals surface area (Å²) in [5, 5.41) is 20.5. The van der Waals surface area contributed by atoms with Crippen molar-refractivity contribution in [2.75, 3.05) is 23.3 Å². The zero-order valence-electron chi connectivity index (χ0n) is 21.9. The SMILES string of the molecule is CCCN(C(=O)CC(O)C(=O)Nc1ccc(C(=N)N)cc1)c1cccc(C(=O)N2CCc3ccccc3C2)c1. The maximum absolute atomic E-state index is 13.3. The van der Waals surface area contributed by atoms with Crippen molar-refractivity contribution in [3.8, 4) is 0 Å². The normalized spacial score (nSPS) is 13.2. The number of carbonyl (C=O) groups is 3. The fraction of sp³-hybridized carbons (Fsp3) is 0.267. The van der Waals surface area contributed by atoms with Gasteiger partial charge in [0.25, 0.3) is 11.8 Å². The second kappa shape index (κ2) is 12.4. The molecule has 1 unspecified atom stereocenters. The van der Waals surface area contributed by atoms with Crippen LogP contribution in [-0.2, 0) is 22.6 Å². The Bertz CT molecular complexity index is 1370. The molecule has 9 nitrogen and oxygen atoms in total. The van der Waals surface area contributed by atoms with Crippen molar-refractivity contribution in [3.05, 3.63) is 95.1 Å².